The summed E-state index contributed by atoms with van der Waals surface area (Å²) in [5.74, 6) is 2.58. The molecule has 5 rings (SSSR count). The van der Waals surface area contributed by atoms with Crippen molar-refractivity contribution in [1.82, 2.24) is 25.4 Å². The van der Waals surface area contributed by atoms with E-state index in [1.165, 1.54) is 12.8 Å². The molecule has 29 heavy (non-hydrogen) atoms. The third kappa shape index (κ3) is 3.44. The number of anilines is 2. The van der Waals surface area contributed by atoms with Gasteiger partial charge in [0.2, 0.25) is 5.13 Å². The molecule has 0 spiro atoms. The van der Waals surface area contributed by atoms with E-state index in [2.05, 4.69) is 30.7 Å². The lowest BCUT2D eigenvalue weighted by Crippen LogP contribution is -1.95. The summed E-state index contributed by atoms with van der Waals surface area (Å²) in [7, 11) is 3.21. The molecule has 1 aromatic carbocycles. The average molecular weight is 406 g/mol. The summed E-state index contributed by atoms with van der Waals surface area (Å²) in [4.78, 5) is 4.53. The fraction of sp³-hybridized carbons (Fsp3) is 0.250. The molecule has 0 unspecified atom stereocenters. The number of methoxy groups -OCH3 is 2. The number of hydrogen-bond donors (Lipinski definition) is 1. The Balaban J connectivity index is 1.45. The summed E-state index contributed by atoms with van der Waals surface area (Å²) in [5.41, 5.74) is 2.57. The molecule has 3 aromatic heterocycles. The second-order valence-electron chi connectivity index (χ2n) is 6.76. The van der Waals surface area contributed by atoms with Crippen molar-refractivity contribution < 1.29 is 9.47 Å². The van der Waals surface area contributed by atoms with Crippen LogP contribution in [-0.4, -0.2) is 39.6 Å². The molecule has 1 aliphatic carbocycles. The van der Waals surface area contributed by atoms with Gasteiger partial charge >= 0.3 is 0 Å². The van der Waals surface area contributed by atoms with Crippen molar-refractivity contribution in [2.75, 3.05) is 19.5 Å². The predicted octanol–water partition coefficient (Wildman–Crippen LogP) is 4.18. The SMILES string of the molecule is COc1cc2nncc(-c3ccc(Nc4nnc(C5CC5)s4)nc3)c2cc1OC. The summed E-state index contributed by atoms with van der Waals surface area (Å²) in [5, 5.41) is 22.8. The number of nitrogens with zero attached hydrogens (tertiary/aromatic N) is 5. The molecule has 0 atom stereocenters. The van der Waals surface area contributed by atoms with E-state index >= 15 is 0 Å². The van der Waals surface area contributed by atoms with E-state index in [0.717, 1.165) is 38.0 Å². The predicted molar refractivity (Wildman–Crippen MR) is 111 cm³/mol. The van der Waals surface area contributed by atoms with E-state index in [-0.39, 0.29) is 0 Å². The highest BCUT2D eigenvalue weighted by Gasteiger charge is 2.27. The highest BCUT2D eigenvalue weighted by Crippen LogP contribution is 2.42. The van der Waals surface area contributed by atoms with Crippen LogP contribution in [-0.2, 0) is 0 Å². The van der Waals surface area contributed by atoms with Gasteiger partial charge in [0.05, 0.1) is 25.9 Å². The lowest BCUT2D eigenvalue weighted by molar-refractivity contribution is 0.356. The third-order valence-corrected chi connectivity index (χ3v) is 5.82. The molecular weight excluding hydrogens is 388 g/mol. The minimum absolute atomic E-state index is 0.599. The van der Waals surface area contributed by atoms with Crippen molar-refractivity contribution >= 4 is 33.2 Å². The monoisotopic (exact) mass is 406 g/mol. The lowest BCUT2D eigenvalue weighted by Gasteiger charge is -2.11. The van der Waals surface area contributed by atoms with Crippen LogP contribution in [0.25, 0.3) is 22.0 Å². The molecule has 9 heteroatoms. The number of hydrogen-bond acceptors (Lipinski definition) is 9. The number of benzene rings is 1. The van der Waals surface area contributed by atoms with Crippen molar-refractivity contribution in [3.63, 3.8) is 0 Å². The van der Waals surface area contributed by atoms with Crippen LogP contribution in [0.4, 0.5) is 10.9 Å². The van der Waals surface area contributed by atoms with Crippen LogP contribution in [0.3, 0.4) is 0 Å². The number of nitrogens with one attached hydrogen (secondary N) is 1. The fourth-order valence-corrected chi connectivity index (χ4v) is 4.05. The van der Waals surface area contributed by atoms with Crippen LogP contribution in [0.2, 0.25) is 0 Å². The van der Waals surface area contributed by atoms with Gasteiger partial charge in [-0.05, 0) is 31.0 Å². The zero-order valence-corrected chi connectivity index (χ0v) is 16.7. The summed E-state index contributed by atoms with van der Waals surface area (Å²) < 4.78 is 10.8. The maximum absolute atomic E-state index is 5.43. The Morgan fingerprint density at radius 2 is 1.83 bits per heavy atom. The topological polar surface area (TPSA) is 94.9 Å². The molecule has 146 valence electrons. The second kappa shape index (κ2) is 7.25. The van der Waals surface area contributed by atoms with Gasteiger partial charge in [0.25, 0.3) is 0 Å². The molecule has 1 saturated carbocycles. The fourth-order valence-electron chi connectivity index (χ4n) is 3.13. The number of pyridine rings is 1. The van der Waals surface area contributed by atoms with Crippen LogP contribution in [0.15, 0.2) is 36.7 Å². The van der Waals surface area contributed by atoms with Crippen molar-refractivity contribution in [2.45, 2.75) is 18.8 Å². The van der Waals surface area contributed by atoms with Crippen LogP contribution in [0.1, 0.15) is 23.8 Å². The van der Waals surface area contributed by atoms with Gasteiger partial charge in [-0.2, -0.15) is 10.2 Å². The summed E-state index contributed by atoms with van der Waals surface area (Å²) >= 11 is 1.59. The number of rotatable bonds is 6. The smallest absolute Gasteiger partial charge is 0.211 e. The van der Waals surface area contributed by atoms with Gasteiger partial charge in [-0.3, -0.25) is 0 Å². The molecule has 8 nitrogen and oxygen atoms in total. The van der Waals surface area contributed by atoms with Gasteiger partial charge in [0.1, 0.15) is 10.8 Å². The standard InChI is InChI=1S/C20H18N6O2S/c1-27-16-7-13-14(10-22-24-15(13)8-17(16)28-2)12-5-6-18(21-9-12)23-20-26-25-19(29-20)11-3-4-11/h5-11H,3-4H2,1-2H3,(H,21,23,26). The first kappa shape index (κ1) is 17.7. The Hall–Kier alpha value is -3.33. The minimum Gasteiger partial charge on any atom is -0.493 e. The molecule has 0 radical (unpaired) electrons. The Morgan fingerprint density at radius 3 is 2.55 bits per heavy atom. The van der Waals surface area contributed by atoms with Crippen LogP contribution >= 0.6 is 11.3 Å². The Labute approximate surface area is 170 Å². The van der Waals surface area contributed by atoms with Gasteiger partial charge in [0, 0.05) is 34.7 Å². The average Bonchev–Trinajstić information content (AvgIpc) is 3.52. The highest BCUT2D eigenvalue weighted by atomic mass is 32.1. The summed E-state index contributed by atoms with van der Waals surface area (Å²) in [6, 6.07) is 7.64. The Morgan fingerprint density at radius 1 is 1.00 bits per heavy atom. The molecule has 0 aliphatic heterocycles. The number of ether oxygens (including phenoxy) is 2. The van der Waals surface area contributed by atoms with Crippen LogP contribution < -0.4 is 14.8 Å². The maximum Gasteiger partial charge on any atom is 0.211 e. The first-order valence-electron chi connectivity index (χ1n) is 9.19. The molecular formula is C20H18N6O2S. The zero-order chi connectivity index (χ0) is 19.8. The molecule has 0 saturated heterocycles. The molecule has 1 fully saturated rings. The minimum atomic E-state index is 0.599. The van der Waals surface area contributed by atoms with Gasteiger partial charge in [0.15, 0.2) is 11.5 Å². The quantitative estimate of drug-likeness (QED) is 0.509. The number of aromatic nitrogens is 5. The lowest BCUT2D eigenvalue weighted by atomic mass is 10.0. The van der Waals surface area contributed by atoms with E-state index in [1.807, 2.05) is 24.3 Å². The largest absolute Gasteiger partial charge is 0.493 e. The van der Waals surface area contributed by atoms with Gasteiger partial charge in [-0.25, -0.2) is 4.98 Å². The van der Waals surface area contributed by atoms with Crippen molar-refractivity contribution in [2.24, 2.45) is 0 Å². The van der Waals surface area contributed by atoms with Crippen molar-refractivity contribution in [3.8, 4) is 22.6 Å². The van der Waals surface area contributed by atoms with Gasteiger partial charge < -0.3 is 14.8 Å². The number of fused-ring (bicyclic) bond motifs is 1. The zero-order valence-electron chi connectivity index (χ0n) is 15.9. The first-order valence-corrected chi connectivity index (χ1v) is 10.0. The third-order valence-electron chi connectivity index (χ3n) is 4.82. The summed E-state index contributed by atoms with van der Waals surface area (Å²) in [6.07, 6.45) is 5.96. The van der Waals surface area contributed by atoms with Gasteiger partial charge in [-0.1, -0.05) is 11.3 Å². The second-order valence-corrected chi connectivity index (χ2v) is 7.77. The van der Waals surface area contributed by atoms with E-state index in [9.17, 15) is 0 Å². The van der Waals surface area contributed by atoms with Crippen molar-refractivity contribution in [3.05, 3.63) is 41.7 Å². The van der Waals surface area contributed by atoms with E-state index < -0.39 is 0 Å². The molecule has 1 N–H and O–H groups in total. The van der Waals surface area contributed by atoms with Crippen LogP contribution in [0, 0.1) is 0 Å². The van der Waals surface area contributed by atoms with E-state index in [1.54, 1.807) is 38.0 Å². The maximum atomic E-state index is 5.43. The van der Waals surface area contributed by atoms with Gasteiger partial charge in [-0.15, -0.1) is 10.2 Å². The van der Waals surface area contributed by atoms with Crippen LogP contribution in [0.5, 0.6) is 11.5 Å². The summed E-state index contributed by atoms with van der Waals surface area (Å²) in [6.45, 7) is 0. The molecule has 4 aromatic rings. The Kier molecular flexibility index (Phi) is 4.44. The normalized spacial score (nSPS) is 13.4. The Bertz CT molecular complexity index is 1170. The molecule has 0 bridgehead atoms. The van der Waals surface area contributed by atoms with E-state index in [0.29, 0.717) is 17.4 Å². The molecule has 3 heterocycles. The molecule has 1 aliphatic rings. The highest BCUT2D eigenvalue weighted by molar-refractivity contribution is 7.15. The van der Waals surface area contributed by atoms with Crippen molar-refractivity contribution in [1.29, 1.82) is 0 Å². The first-order chi connectivity index (χ1) is 14.2. The molecule has 0 amide bonds. The van der Waals surface area contributed by atoms with E-state index in [4.69, 9.17) is 9.47 Å².